The summed E-state index contributed by atoms with van der Waals surface area (Å²) < 4.78 is 0. The van der Waals surface area contributed by atoms with E-state index in [1.54, 1.807) is 0 Å². The van der Waals surface area contributed by atoms with Crippen molar-refractivity contribution in [2.24, 2.45) is 0 Å². The van der Waals surface area contributed by atoms with Gasteiger partial charge in [-0.2, -0.15) is 0 Å². The van der Waals surface area contributed by atoms with Crippen molar-refractivity contribution in [2.75, 3.05) is 0 Å². The Hall–Kier alpha value is -2.08. The van der Waals surface area contributed by atoms with E-state index in [-0.39, 0.29) is 5.41 Å². The average Bonchev–Trinajstić information content (AvgIpc) is 2.49. The van der Waals surface area contributed by atoms with Gasteiger partial charge in [0, 0.05) is 5.41 Å². The van der Waals surface area contributed by atoms with E-state index >= 15 is 0 Å². The van der Waals surface area contributed by atoms with E-state index in [0.29, 0.717) is 0 Å². The second kappa shape index (κ2) is 6.58. The highest BCUT2D eigenvalue weighted by molar-refractivity contribution is 5.40. The lowest BCUT2D eigenvalue weighted by molar-refractivity contribution is 0.640. The molecule has 0 amide bonds. The van der Waals surface area contributed by atoms with Crippen LogP contribution in [0, 0.1) is 0 Å². The third kappa shape index (κ3) is 3.52. The maximum atomic E-state index is 3.79. The van der Waals surface area contributed by atoms with Gasteiger partial charge in [0.1, 0.15) is 0 Å². The van der Waals surface area contributed by atoms with Crippen molar-refractivity contribution in [1.82, 2.24) is 0 Å². The average molecular weight is 276 g/mol. The molecule has 0 heteroatoms. The summed E-state index contributed by atoms with van der Waals surface area (Å²) in [5, 5.41) is 0. The fraction of sp³-hybridized carbons (Fsp3) is 0.238. The quantitative estimate of drug-likeness (QED) is 0.614. The molecule has 0 nitrogen and oxygen atoms in total. The van der Waals surface area contributed by atoms with E-state index in [4.69, 9.17) is 0 Å². The first-order valence-corrected chi connectivity index (χ1v) is 7.48. The molecule has 0 bridgehead atoms. The number of allylic oxidation sites excluding steroid dienone is 2. The lowest BCUT2D eigenvalue weighted by Gasteiger charge is -2.26. The Labute approximate surface area is 128 Å². The zero-order valence-corrected chi connectivity index (χ0v) is 13.1. The van der Waals surface area contributed by atoms with Gasteiger partial charge in [0.05, 0.1) is 0 Å². The maximum Gasteiger partial charge on any atom is 0.0146 e. The Morgan fingerprint density at radius 3 is 1.33 bits per heavy atom. The first-order valence-electron chi connectivity index (χ1n) is 7.48. The van der Waals surface area contributed by atoms with Gasteiger partial charge in [-0.05, 0) is 35.1 Å². The van der Waals surface area contributed by atoms with Crippen LogP contribution in [-0.2, 0) is 18.3 Å². The van der Waals surface area contributed by atoms with Gasteiger partial charge in [-0.3, -0.25) is 0 Å². The standard InChI is InChI=1S/C21H24/c1-5-7-17-9-13-19(14-10-17)21(3,4)20-15-11-18(8-6-2)12-16-20/h5-6,9-16H,1-2,7-8H2,3-4H3. The molecule has 21 heavy (non-hydrogen) atoms. The van der Waals surface area contributed by atoms with Crippen LogP contribution in [0.15, 0.2) is 73.8 Å². The molecule has 0 saturated carbocycles. The molecule has 0 saturated heterocycles. The fourth-order valence-electron chi connectivity index (χ4n) is 2.61. The molecule has 0 fully saturated rings. The van der Waals surface area contributed by atoms with Crippen molar-refractivity contribution in [1.29, 1.82) is 0 Å². The van der Waals surface area contributed by atoms with Gasteiger partial charge in [0.2, 0.25) is 0 Å². The van der Waals surface area contributed by atoms with E-state index in [1.165, 1.54) is 22.3 Å². The van der Waals surface area contributed by atoms with Crippen LogP contribution in [0.2, 0.25) is 0 Å². The Morgan fingerprint density at radius 2 is 1.05 bits per heavy atom. The number of hydrogen-bond acceptors (Lipinski definition) is 0. The molecule has 2 rings (SSSR count). The van der Waals surface area contributed by atoms with Gasteiger partial charge < -0.3 is 0 Å². The van der Waals surface area contributed by atoms with E-state index in [2.05, 4.69) is 75.5 Å². The van der Waals surface area contributed by atoms with E-state index in [9.17, 15) is 0 Å². The summed E-state index contributed by atoms with van der Waals surface area (Å²) >= 11 is 0. The number of benzene rings is 2. The first-order chi connectivity index (χ1) is 10.1. The minimum atomic E-state index is 0.0133. The summed E-state index contributed by atoms with van der Waals surface area (Å²) in [7, 11) is 0. The Balaban J connectivity index is 2.27. The molecule has 0 atom stereocenters. The van der Waals surface area contributed by atoms with E-state index in [0.717, 1.165) is 12.8 Å². The molecule has 2 aromatic rings. The normalized spacial score (nSPS) is 11.1. The van der Waals surface area contributed by atoms with Gasteiger partial charge in [0.15, 0.2) is 0 Å². The van der Waals surface area contributed by atoms with Gasteiger partial charge in [-0.25, -0.2) is 0 Å². The highest BCUT2D eigenvalue weighted by Crippen LogP contribution is 2.31. The zero-order chi connectivity index (χ0) is 15.3. The maximum absolute atomic E-state index is 3.79. The molecular weight excluding hydrogens is 252 g/mol. The van der Waals surface area contributed by atoms with Crippen LogP contribution in [0.3, 0.4) is 0 Å². The molecular formula is C21H24. The Morgan fingerprint density at radius 1 is 0.714 bits per heavy atom. The van der Waals surface area contributed by atoms with Gasteiger partial charge in [0.25, 0.3) is 0 Å². The minimum absolute atomic E-state index is 0.0133. The molecule has 0 aliphatic heterocycles. The van der Waals surface area contributed by atoms with Crippen LogP contribution in [0.5, 0.6) is 0 Å². The Bertz CT molecular complexity index is 542. The summed E-state index contributed by atoms with van der Waals surface area (Å²) in [6.07, 6.45) is 5.74. The lowest BCUT2D eigenvalue weighted by atomic mass is 9.77. The summed E-state index contributed by atoms with van der Waals surface area (Å²) in [4.78, 5) is 0. The monoisotopic (exact) mass is 276 g/mol. The second-order valence-electron chi connectivity index (χ2n) is 6.00. The van der Waals surface area contributed by atoms with Crippen molar-refractivity contribution in [2.45, 2.75) is 32.1 Å². The molecule has 108 valence electrons. The van der Waals surface area contributed by atoms with Crippen LogP contribution in [-0.4, -0.2) is 0 Å². The summed E-state index contributed by atoms with van der Waals surface area (Å²) in [5.74, 6) is 0. The summed E-state index contributed by atoms with van der Waals surface area (Å²) in [5.41, 5.74) is 5.31. The SMILES string of the molecule is C=CCc1ccc(C(C)(C)c2ccc(CC=C)cc2)cc1. The summed E-state index contributed by atoms with van der Waals surface area (Å²) in [6, 6.07) is 17.7. The van der Waals surface area contributed by atoms with Crippen molar-refractivity contribution >= 4 is 0 Å². The van der Waals surface area contributed by atoms with Crippen molar-refractivity contribution in [3.05, 3.63) is 96.1 Å². The van der Waals surface area contributed by atoms with Crippen LogP contribution in [0.1, 0.15) is 36.1 Å². The van der Waals surface area contributed by atoms with E-state index < -0.39 is 0 Å². The highest BCUT2D eigenvalue weighted by Gasteiger charge is 2.22. The third-order valence-corrected chi connectivity index (χ3v) is 4.11. The molecule has 2 aromatic carbocycles. The van der Waals surface area contributed by atoms with Crippen LogP contribution in [0.4, 0.5) is 0 Å². The van der Waals surface area contributed by atoms with Crippen molar-refractivity contribution in [3.8, 4) is 0 Å². The highest BCUT2D eigenvalue weighted by atomic mass is 14.3. The molecule has 0 N–H and O–H groups in total. The van der Waals surface area contributed by atoms with E-state index in [1.807, 2.05) is 12.2 Å². The minimum Gasteiger partial charge on any atom is -0.103 e. The van der Waals surface area contributed by atoms with Gasteiger partial charge in [-0.15, -0.1) is 13.2 Å². The molecule has 0 unspecified atom stereocenters. The molecule has 0 aliphatic rings. The molecule has 0 radical (unpaired) electrons. The molecule has 0 aliphatic carbocycles. The Kier molecular flexibility index (Phi) is 4.80. The molecule has 0 spiro atoms. The predicted octanol–water partition coefficient (Wildman–Crippen LogP) is 5.47. The van der Waals surface area contributed by atoms with Crippen molar-refractivity contribution < 1.29 is 0 Å². The van der Waals surface area contributed by atoms with Gasteiger partial charge in [-0.1, -0.05) is 74.5 Å². The fourth-order valence-corrected chi connectivity index (χ4v) is 2.61. The third-order valence-electron chi connectivity index (χ3n) is 4.11. The zero-order valence-electron chi connectivity index (χ0n) is 13.1. The predicted molar refractivity (Wildman–Crippen MR) is 92.8 cm³/mol. The van der Waals surface area contributed by atoms with Gasteiger partial charge >= 0.3 is 0 Å². The van der Waals surface area contributed by atoms with Crippen molar-refractivity contribution in [3.63, 3.8) is 0 Å². The molecule has 0 heterocycles. The summed E-state index contributed by atoms with van der Waals surface area (Å²) in [6.45, 7) is 12.1. The first kappa shape index (κ1) is 15.3. The smallest absolute Gasteiger partial charge is 0.0146 e. The largest absolute Gasteiger partial charge is 0.103 e. The number of hydrogen-bond donors (Lipinski definition) is 0. The molecule has 0 aromatic heterocycles. The van der Waals surface area contributed by atoms with Crippen LogP contribution < -0.4 is 0 Å². The topological polar surface area (TPSA) is 0 Å². The second-order valence-corrected chi connectivity index (χ2v) is 6.00. The number of rotatable bonds is 6. The van der Waals surface area contributed by atoms with Crippen LogP contribution >= 0.6 is 0 Å². The van der Waals surface area contributed by atoms with Crippen LogP contribution in [0.25, 0.3) is 0 Å². The lowest BCUT2D eigenvalue weighted by Crippen LogP contribution is -2.18.